The van der Waals surface area contributed by atoms with E-state index in [1.165, 1.54) is 32.4 Å². The van der Waals surface area contributed by atoms with E-state index in [-0.39, 0.29) is 11.9 Å². The number of fused-ring (bicyclic) bond motifs is 2. The Morgan fingerprint density at radius 2 is 1.73 bits per heavy atom. The van der Waals surface area contributed by atoms with Crippen molar-refractivity contribution in [3.8, 4) is 0 Å². The quantitative estimate of drug-likeness (QED) is 0.749. The number of quaternary nitrogens is 1. The molecule has 0 saturated heterocycles. The molecule has 0 fully saturated rings. The third-order valence-corrected chi connectivity index (χ3v) is 5.38. The van der Waals surface area contributed by atoms with Crippen molar-refractivity contribution in [2.24, 2.45) is 0 Å². The van der Waals surface area contributed by atoms with Crippen LogP contribution in [0.25, 0.3) is 10.8 Å². The van der Waals surface area contributed by atoms with Crippen molar-refractivity contribution in [3.63, 3.8) is 0 Å². The Labute approximate surface area is 154 Å². The van der Waals surface area contributed by atoms with Crippen LogP contribution in [0.15, 0.2) is 66.7 Å². The summed E-state index contributed by atoms with van der Waals surface area (Å²) in [4.78, 5) is 14.0. The molecule has 2 N–H and O–H groups in total. The lowest BCUT2D eigenvalue weighted by Crippen LogP contribution is -3.12. The first-order chi connectivity index (χ1) is 12.7. The van der Waals surface area contributed by atoms with E-state index in [2.05, 4.69) is 72.9 Å². The number of amides is 1. The van der Waals surface area contributed by atoms with Gasteiger partial charge in [0.1, 0.15) is 6.54 Å². The normalized spacial score (nSPS) is 17.5. The van der Waals surface area contributed by atoms with E-state index in [1.807, 2.05) is 6.07 Å². The van der Waals surface area contributed by atoms with E-state index in [9.17, 15) is 4.79 Å². The van der Waals surface area contributed by atoms with Gasteiger partial charge in [-0.1, -0.05) is 66.7 Å². The first-order valence-electron chi connectivity index (χ1n) is 9.38. The van der Waals surface area contributed by atoms with Crippen LogP contribution in [0.1, 0.15) is 29.7 Å². The summed E-state index contributed by atoms with van der Waals surface area (Å²) in [6.07, 6.45) is 1.05. The second-order valence-corrected chi connectivity index (χ2v) is 7.23. The van der Waals surface area contributed by atoms with E-state index < -0.39 is 0 Å². The van der Waals surface area contributed by atoms with Crippen LogP contribution in [0.3, 0.4) is 0 Å². The molecule has 3 heteroatoms. The first-order valence-corrected chi connectivity index (χ1v) is 9.38. The molecule has 0 bridgehead atoms. The van der Waals surface area contributed by atoms with Gasteiger partial charge in [0.15, 0.2) is 6.54 Å². The summed E-state index contributed by atoms with van der Waals surface area (Å²) >= 11 is 0. The molecule has 1 amide bonds. The largest absolute Gasteiger partial charge is 0.345 e. The second-order valence-electron chi connectivity index (χ2n) is 7.23. The third kappa shape index (κ3) is 3.49. The molecule has 1 heterocycles. The highest BCUT2D eigenvalue weighted by Crippen LogP contribution is 2.23. The van der Waals surface area contributed by atoms with Gasteiger partial charge in [-0.15, -0.1) is 0 Å². The zero-order valence-corrected chi connectivity index (χ0v) is 15.2. The van der Waals surface area contributed by atoms with Crippen LogP contribution in [-0.4, -0.2) is 19.0 Å². The topological polar surface area (TPSA) is 33.5 Å². The number of carbonyl (C=O) groups is 1. The minimum atomic E-state index is 0.00470. The Balaban J connectivity index is 1.42. The molecule has 1 unspecified atom stereocenters. The highest BCUT2D eigenvalue weighted by Gasteiger charge is 2.22. The standard InChI is InChI=1S/C23H24N2O/c1-17(21-12-6-10-19-8-4-5-11-22(19)21)24-23(26)16-25-14-13-18-7-2-3-9-20(18)15-25/h2-12,17H,13-16H2,1H3,(H,24,26)/p+1/t17-/m1/s1. The summed E-state index contributed by atoms with van der Waals surface area (Å²) in [5.41, 5.74) is 3.99. The van der Waals surface area contributed by atoms with E-state index in [0.29, 0.717) is 6.54 Å². The number of hydrogen-bond acceptors (Lipinski definition) is 1. The van der Waals surface area contributed by atoms with Gasteiger partial charge in [0, 0.05) is 12.0 Å². The predicted molar refractivity (Wildman–Crippen MR) is 105 cm³/mol. The number of rotatable bonds is 4. The molecule has 132 valence electrons. The minimum Gasteiger partial charge on any atom is -0.345 e. The van der Waals surface area contributed by atoms with Crippen LogP contribution >= 0.6 is 0 Å². The fourth-order valence-corrected chi connectivity index (χ4v) is 4.02. The highest BCUT2D eigenvalue weighted by molar-refractivity contribution is 5.87. The lowest BCUT2D eigenvalue weighted by molar-refractivity contribution is -0.908. The predicted octanol–water partition coefficient (Wildman–Crippen LogP) is 2.66. The Bertz CT molecular complexity index is 929. The van der Waals surface area contributed by atoms with Crippen molar-refractivity contribution in [1.29, 1.82) is 0 Å². The average Bonchev–Trinajstić information content (AvgIpc) is 2.67. The van der Waals surface area contributed by atoms with Crippen LogP contribution in [0.2, 0.25) is 0 Å². The molecule has 26 heavy (non-hydrogen) atoms. The molecular weight excluding hydrogens is 320 g/mol. The Morgan fingerprint density at radius 1 is 1.00 bits per heavy atom. The molecule has 0 saturated carbocycles. The lowest BCUT2D eigenvalue weighted by Gasteiger charge is -2.26. The summed E-state index contributed by atoms with van der Waals surface area (Å²) in [6, 6.07) is 23.2. The zero-order chi connectivity index (χ0) is 17.9. The van der Waals surface area contributed by atoms with Gasteiger partial charge >= 0.3 is 0 Å². The average molecular weight is 345 g/mol. The van der Waals surface area contributed by atoms with Crippen molar-refractivity contribution in [1.82, 2.24) is 5.32 Å². The number of nitrogens with one attached hydrogen (secondary N) is 2. The molecule has 1 aliphatic heterocycles. The van der Waals surface area contributed by atoms with Gasteiger partial charge in [-0.3, -0.25) is 4.79 Å². The number of hydrogen-bond donors (Lipinski definition) is 2. The van der Waals surface area contributed by atoms with Crippen LogP contribution in [0, 0.1) is 0 Å². The monoisotopic (exact) mass is 345 g/mol. The summed E-state index contributed by atoms with van der Waals surface area (Å²) < 4.78 is 0. The summed E-state index contributed by atoms with van der Waals surface area (Å²) in [7, 11) is 0. The highest BCUT2D eigenvalue weighted by atomic mass is 16.2. The molecule has 3 nitrogen and oxygen atoms in total. The third-order valence-electron chi connectivity index (χ3n) is 5.38. The van der Waals surface area contributed by atoms with Crippen molar-refractivity contribution < 1.29 is 9.69 Å². The maximum Gasteiger partial charge on any atom is 0.275 e. The second kappa shape index (κ2) is 7.30. The van der Waals surface area contributed by atoms with Crippen molar-refractivity contribution in [2.75, 3.05) is 13.1 Å². The smallest absolute Gasteiger partial charge is 0.275 e. The van der Waals surface area contributed by atoms with E-state index >= 15 is 0 Å². The van der Waals surface area contributed by atoms with Crippen molar-refractivity contribution in [2.45, 2.75) is 25.9 Å². The van der Waals surface area contributed by atoms with Gasteiger partial charge in [-0.2, -0.15) is 0 Å². The molecule has 4 rings (SSSR count). The summed E-state index contributed by atoms with van der Waals surface area (Å²) in [6.45, 7) is 4.56. The van der Waals surface area contributed by atoms with Gasteiger partial charge < -0.3 is 10.2 Å². The maximum absolute atomic E-state index is 12.6. The molecule has 0 aromatic heterocycles. The van der Waals surface area contributed by atoms with E-state index in [0.717, 1.165) is 19.5 Å². The summed E-state index contributed by atoms with van der Waals surface area (Å²) in [5.74, 6) is 0.125. The molecule has 3 aromatic carbocycles. The molecule has 1 aliphatic rings. The van der Waals surface area contributed by atoms with Gasteiger partial charge in [0.2, 0.25) is 0 Å². The molecule has 0 aliphatic carbocycles. The number of benzene rings is 3. The Hall–Kier alpha value is -2.65. The Kier molecular flexibility index (Phi) is 4.72. The first kappa shape index (κ1) is 16.8. The summed E-state index contributed by atoms with van der Waals surface area (Å²) in [5, 5.41) is 5.62. The lowest BCUT2D eigenvalue weighted by atomic mass is 9.99. The van der Waals surface area contributed by atoms with Gasteiger partial charge in [-0.05, 0) is 28.8 Å². The van der Waals surface area contributed by atoms with Crippen LogP contribution < -0.4 is 10.2 Å². The van der Waals surface area contributed by atoms with Gasteiger partial charge in [-0.25, -0.2) is 0 Å². The van der Waals surface area contributed by atoms with Crippen molar-refractivity contribution in [3.05, 3.63) is 83.4 Å². The van der Waals surface area contributed by atoms with Gasteiger partial charge in [0.05, 0.1) is 12.6 Å². The van der Waals surface area contributed by atoms with Crippen LogP contribution in [-0.2, 0) is 17.8 Å². The maximum atomic E-state index is 12.6. The van der Waals surface area contributed by atoms with Crippen LogP contribution in [0.4, 0.5) is 0 Å². The molecule has 2 atom stereocenters. The molecule has 3 aromatic rings. The Morgan fingerprint density at radius 3 is 2.62 bits per heavy atom. The minimum absolute atomic E-state index is 0.00470. The van der Waals surface area contributed by atoms with Crippen molar-refractivity contribution >= 4 is 16.7 Å². The van der Waals surface area contributed by atoms with E-state index in [1.54, 1.807) is 0 Å². The van der Waals surface area contributed by atoms with E-state index in [4.69, 9.17) is 0 Å². The molecular formula is C23H25N2O+. The molecule has 0 radical (unpaired) electrons. The zero-order valence-electron chi connectivity index (χ0n) is 15.2. The SMILES string of the molecule is C[C@@H](NC(=O)C[NH+]1CCc2ccccc2C1)c1cccc2ccccc12. The number of carbonyl (C=O) groups excluding carboxylic acids is 1. The fraction of sp³-hybridized carbons (Fsp3) is 0.261. The van der Waals surface area contributed by atoms with Gasteiger partial charge in [0.25, 0.3) is 5.91 Å². The molecule has 0 spiro atoms. The van der Waals surface area contributed by atoms with Crippen LogP contribution in [0.5, 0.6) is 0 Å². The fourth-order valence-electron chi connectivity index (χ4n) is 4.02.